The number of nitrogens with zero attached hydrogens (tertiary/aromatic N) is 1. The van der Waals surface area contributed by atoms with Gasteiger partial charge < -0.3 is 10.1 Å². The highest BCUT2D eigenvalue weighted by Crippen LogP contribution is 2.18. The molecule has 0 aliphatic carbocycles. The predicted molar refractivity (Wildman–Crippen MR) is 128 cm³/mol. The Labute approximate surface area is 195 Å². The number of amides is 1. The molecule has 1 amide bonds. The zero-order valence-corrected chi connectivity index (χ0v) is 19.1. The fourth-order valence-electron chi connectivity index (χ4n) is 4.19. The van der Waals surface area contributed by atoms with Crippen LogP contribution in [0.25, 0.3) is 0 Å². The third-order valence-corrected chi connectivity index (χ3v) is 6.06. The normalized spacial score (nSPS) is 16.4. The van der Waals surface area contributed by atoms with Gasteiger partial charge in [-0.15, -0.1) is 0 Å². The van der Waals surface area contributed by atoms with Crippen LogP contribution >= 0.6 is 0 Å². The summed E-state index contributed by atoms with van der Waals surface area (Å²) in [5, 5.41) is 2.98. The SMILES string of the molecule is C[C@H]1CCCN(Cc2ccc(C(=O)NCc3ccc(OCc4ccc(F)cc4)cc3)cc2)C1. The Morgan fingerprint density at radius 2 is 1.64 bits per heavy atom. The lowest BCUT2D eigenvalue weighted by Gasteiger charge is -2.30. The molecule has 1 aliphatic heterocycles. The van der Waals surface area contributed by atoms with Gasteiger partial charge in [0.25, 0.3) is 5.91 Å². The predicted octanol–water partition coefficient (Wildman–Crippen LogP) is 5.57. The van der Waals surface area contributed by atoms with Crippen LogP contribution < -0.4 is 10.1 Å². The van der Waals surface area contributed by atoms with Crippen LogP contribution in [0.4, 0.5) is 4.39 Å². The van der Waals surface area contributed by atoms with Crippen LogP contribution in [0.2, 0.25) is 0 Å². The van der Waals surface area contributed by atoms with Crippen molar-refractivity contribution in [1.82, 2.24) is 10.2 Å². The molecule has 1 N–H and O–H groups in total. The Kier molecular flexibility index (Phi) is 7.74. The van der Waals surface area contributed by atoms with Crippen LogP contribution in [0, 0.1) is 11.7 Å². The second kappa shape index (κ2) is 11.1. The van der Waals surface area contributed by atoms with Crippen LogP contribution in [0.3, 0.4) is 0 Å². The Morgan fingerprint density at radius 3 is 2.33 bits per heavy atom. The highest BCUT2D eigenvalue weighted by atomic mass is 19.1. The summed E-state index contributed by atoms with van der Waals surface area (Å²) < 4.78 is 18.7. The molecule has 0 spiro atoms. The van der Waals surface area contributed by atoms with Gasteiger partial charge in [-0.1, -0.05) is 43.3 Å². The molecule has 1 heterocycles. The molecule has 3 aromatic carbocycles. The molecule has 5 heteroatoms. The van der Waals surface area contributed by atoms with E-state index < -0.39 is 0 Å². The van der Waals surface area contributed by atoms with Crippen molar-refractivity contribution in [2.45, 2.75) is 39.5 Å². The fraction of sp³-hybridized carbons (Fsp3) is 0.321. The first-order valence-corrected chi connectivity index (χ1v) is 11.6. The number of benzene rings is 3. The molecule has 4 nitrogen and oxygen atoms in total. The molecule has 0 unspecified atom stereocenters. The summed E-state index contributed by atoms with van der Waals surface area (Å²) in [6.45, 7) is 6.39. The van der Waals surface area contributed by atoms with Crippen molar-refractivity contribution in [2.24, 2.45) is 5.92 Å². The largest absolute Gasteiger partial charge is 0.489 e. The number of likely N-dealkylation sites (tertiary alicyclic amines) is 1. The second-order valence-corrected chi connectivity index (χ2v) is 8.92. The number of rotatable bonds is 8. The lowest BCUT2D eigenvalue weighted by molar-refractivity contribution is 0.0951. The van der Waals surface area contributed by atoms with Crippen molar-refractivity contribution < 1.29 is 13.9 Å². The van der Waals surface area contributed by atoms with Gasteiger partial charge in [-0.2, -0.15) is 0 Å². The first-order valence-electron chi connectivity index (χ1n) is 11.6. The van der Waals surface area contributed by atoms with Gasteiger partial charge in [0, 0.05) is 25.2 Å². The molecule has 1 atom stereocenters. The number of halogens is 1. The minimum Gasteiger partial charge on any atom is -0.489 e. The number of hydrogen-bond donors (Lipinski definition) is 1. The molecule has 3 aromatic rings. The average Bonchev–Trinajstić information content (AvgIpc) is 2.83. The summed E-state index contributed by atoms with van der Waals surface area (Å²) in [6.07, 6.45) is 2.59. The molecule has 1 aliphatic rings. The summed E-state index contributed by atoms with van der Waals surface area (Å²) in [5.74, 6) is 1.16. The minimum absolute atomic E-state index is 0.0789. The molecular formula is C28H31FN2O2. The summed E-state index contributed by atoms with van der Waals surface area (Å²) >= 11 is 0. The van der Waals surface area contributed by atoms with Crippen molar-refractivity contribution in [2.75, 3.05) is 13.1 Å². The third kappa shape index (κ3) is 6.90. The van der Waals surface area contributed by atoms with Gasteiger partial charge in [-0.3, -0.25) is 9.69 Å². The highest BCUT2D eigenvalue weighted by Gasteiger charge is 2.16. The zero-order valence-electron chi connectivity index (χ0n) is 19.1. The monoisotopic (exact) mass is 446 g/mol. The molecule has 4 rings (SSSR count). The lowest BCUT2D eigenvalue weighted by Crippen LogP contribution is -2.33. The molecule has 172 valence electrons. The zero-order chi connectivity index (χ0) is 23.0. The van der Waals surface area contributed by atoms with Crippen LogP contribution in [0.1, 0.15) is 46.8 Å². The van der Waals surface area contributed by atoms with Crippen molar-refractivity contribution in [3.8, 4) is 5.75 Å². The first kappa shape index (κ1) is 23.0. The molecule has 0 bridgehead atoms. The van der Waals surface area contributed by atoms with E-state index in [1.807, 2.05) is 36.4 Å². The molecule has 0 radical (unpaired) electrons. The minimum atomic E-state index is -0.256. The summed E-state index contributed by atoms with van der Waals surface area (Å²) in [5.41, 5.74) is 3.82. The first-order chi connectivity index (χ1) is 16.0. The highest BCUT2D eigenvalue weighted by molar-refractivity contribution is 5.94. The lowest BCUT2D eigenvalue weighted by atomic mass is 9.99. The summed E-state index contributed by atoms with van der Waals surface area (Å²) in [7, 11) is 0. The second-order valence-electron chi connectivity index (χ2n) is 8.92. The summed E-state index contributed by atoms with van der Waals surface area (Å²) in [4.78, 5) is 15.0. The summed E-state index contributed by atoms with van der Waals surface area (Å²) in [6, 6.07) is 21.8. The van der Waals surface area contributed by atoms with Gasteiger partial charge in [0.15, 0.2) is 0 Å². The van der Waals surface area contributed by atoms with Gasteiger partial charge in [-0.25, -0.2) is 4.39 Å². The molecule has 33 heavy (non-hydrogen) atoms. The van der Waals surface area contributed by atoms with Crippen molar-refractivity contribution >= 4 is 5.91 Å². The van der Waals surface area contributed by atoms with E-state index >= 15 is 0 Å². The van der Waals surface area contributed by atoms with Crippen molar-refractivity contribution in [1.29, 1.82) is 0 Å². The van der Waals surface area contributed by atoms with Crippen molar-refractivity contribution in [3.05, 3.63) is 101 Å². The fourth-order valence-corrected chi connectivity index (χ4v) is 4.19. The number of piperidine rings is 1. The van der Waals surface area contributed by atoms with Gasteiger partial charge in [0.1, 0.15) is 18.2 Å². The van der Waals surface area contributed by atoms with E-state index in [1.54, 1.807) is 12.1 Å². The van der Waals surface area contributed by atoms with Crippen LogP contribution in [-0.4, -0.2) is 23.9 Å². The number of carbonyl (C=O) groups excluding carboxylic acids is 1. The quantitative estimate of drug-likeness (QED) is 0.492. The van der Waals surface area contributed by atoms with Gasteiger partial charge in [-0.05, 0) is 78.4 Å². The van der Waals surface area contributed by atoms with E-state index in [2.05, 4.69) is 29.3 Å². The van der Waals surface area contributed by atoms with E-state index in [0.717, 1.165) is 42.4 Å². The average molecular weight is 447 g/mol. The smallest absolute Gasteiger partial charge is 0.251 e. The van der Waals surface area contributed by atoms with E-state index in [0.29, 0.717) is 18.7 Å². The Bertz CT molecular complexity index is 1030. The van der Waals surface area contributed by atoms with Gasteiger partial charge in [0.05, 0.1) is 0 Å². The Balaban J connectivity index is 1.23. The number of nitrogens with one attached hydrogen (secondary N) is 1. The van der Waals surface area contributed by atoms with Gasteiger partial charge >= 0.3 is 0 Å². The Morgan fingerprint density at radius 1 is 0.970 bits per heavy atom. The molecule has 1 fully saturated rings. The third-order valence-electron chi connectivity index (χ3n) is 6.06. The molecular weight excluding hydrogens is 415 g/mol. The molecule has 0 aromatic heterocycles. The van der Waals surface area contributed by atoms with E-state index in [1.165, 1.54) is 30.5 Å². The van der Waals surface area contributed by atoms with E-state index in [9.17, 15) is 9.18 Å². The van der Waals surface area contributed by atoms with Crippen molar-refractivity contribution in [3.63, 3.8) is 0 Å². The van der Waals surface area contributed by atoms with Crippen LogP contribution in [-0.2, 0) is 19.7 Å². The van der Waals surface area contributed by atoms with E-state index in [4.69, 9.17) is 4.74 Å². The number of carbonyl (C=O) groups is 1. The standard InChI is InChI=1S/C28H31FN2O2/c1-21-3-2-16-31(18-21)19-23-4-10-25(11-5-23)28(32)30-17-22-8-14-27(15-9-22)33-20-24-6-12-26(29)13-7-24/h4-15,21H,2-3,16-20H2,1H3,(H,30,32)/t21-/m0/s1. The maximum Gasteiger partial charge on any atom is 0.251 e. The van der Waals surface area contributed by atoms with Crippen LogP contribution in [0.5, 0.6) is 5.75 Å². The Hall–Kier alpha value is -3.18. The number of ether oxygens (including phenoxy) is 1. The maximum atomic E-state index is 13.0. The maximum absolute atomic E-state index is 13.0. The van der Waals surface area contributed by atoms with E-state index in [-0.39, 0.29) is 11.7 Å². The van der Waals surface area contributed by atoms with Crippen LogP contribution in [0.15, 0.2) is 72.8 Å². The molecule has 1 saturated heterocycles. The molecule has 0 saturated carbocycles. The topological polar surface area (TPSA) is 41.6 Å². The number of hydrogen-bond acceptors (Lipinski definition) is 3. The van der Waals surface area contributed by atoms with Gasteiger partial charge in [0.2, 0.25) is 0 Å².